The van der Waals surface area contributed by atoms with Gasteiger partial charge in [0.1, 0.15) is 5.75 Å². The van der Waals surface area contributed by atoms with E-state index >= 15 is 0 Å². The van der Waals surface area contributed by atoms with Gasteiger partial charge >= 0.3 is 0 Å². The van der Waals surface area contributed by atoms with Crippen LogP contribution >= 0.6 is 0 Å². The Morgan fingerprint density at radius 3 is 2.13 bits per heavy atom. The molecule has 1 aliphatic rings. The zero-order chi connectivity index (χ0) is 27.1. The minimum absolute atomic E-state index is 0.0535. The van der Waals surface area contributed by atoms with Gasteiger partial charge in [-0.25, -0.2) is 0 Å². The van der Waals surface area contributed by atoms with E-state index in [1.807, 2.05) is 81.4 Å². The number of hydrogen-bond acceptors (Lipinski definition) is 5. The Kier molecular flexibility index (Phi) is 8.89. The number of carbonyl (C=O) groups is 2. The summed E-state index contributed by atoms with van der Waals surface area (Å²) in [7, 11) is 1.69. The fraction of sp³-hybridized carbons (Fsp3) is 0.355. The third-order valence-corrected chi connectivity index (χ3v) is 6.81. The molecular formula is C31H38N4O3. The number of nitrogens with zero attached hydrogens (tertiary/aromatic N) is 2. The number of carbonyl (C=O) groups excluding carboxylic acids is 2. The number of ether oxygens (including phenoxy) is 1. The summed E-state index contributed by atoms with van der Waals surface area (Å²) in [4.78, 5) is 30.6. The molecule has 0 aromatic heterocycles. The number of methoxy groups -OCH3 is 1. The van der Waals surface area contributed by atoms with Gasteiger partial charge in [0.2, 0.25) is 5.91 Å². The van der Waals surface area contributed by atoms with Gasteiger partial charge in [-0.1, -0.05) is 56.3 Å². The molecule has 200 valence electrons. The summed E-state index contributed by atoms with van der Waals surface area (Å²) in [5.41, 5.74) is 4.16. The summed E-state index contributed by atoms with van der Waals surface area (Å²) < 4.78 is 5.56. The summed E-state index contributed by atoms with van der Waals surface area (Å²) in [6.45, 7) is 9.11. The Morgan fingerprint density at radius 2 is 1.47 bits per heavy atom. The summed E-state index contributed by atoms with van der Waals surface area (Å²) in [5, 5.41) is 6.11. The molecule has 0 radical (unpaired) electrons. The molecule has 38 heavy (non-hydrogen) atoms. The van der Waals surface area contributed by atoms with Crippen molar-refractivity contribution in [3.63, 3.8) is 0 Å². The quantitative estimate of drug-likeness (QED) is 0.395. The summed E-state index contributed by atoms with van der Waals surface area (Å²) in [5.74, 6) is 0.895. The van der Waals surface area contributed by atoms with Crippen molar-refractivity contribution >= 4 is 28.9 Å². The van der Waals surface area contributed by atoms with Gasteiger partial charge < -0.3 is 25.2 Å². The predicted octanol–water partition coefficient (Wildman–Crippen LogP) is 5.50. The Bertz CT molecular complexity index is 1240. The second-order valence-corrected chi connectivity index (χ2v) is 10.1. The number of benzene rings is 3. The number of nitrogens with one attached hydrogen (secondary N) is 2. The van der Waals surface area contributed by atoms with Crippen LogP contribution in [0.15, 0.2) is 72.8 Å². The molecule has 1 fully saturated rings. The van der Waals surface area contributed by atoms with E-state index in [4.69, 9.17) is 4.74 Å². The Labute approximate surface area is 225 Å². The lowest BCUT2D eigenvalue weighted by Crippen LogP contribution is -2.47. The van der Waals surface area contributed by atoms with Crippen molar-refractivity contribution in [3.8, 4) is 5.75 Å². The van der Waals surface area contributed by atoms with Crippen LogP contribution in [0.3, 0.4) is 0 Å². The third kappa shape index (κ3) is 6.65. The number of piperazine rings is 1. The fourth-order valence-corrected chi connectivity index (χ4v) is 4.83. The molecule has 3 aromatic rings. The molecule has 0 aliphatic carbocycles. The second kappa shape index (κ2) is 12.5. The van der Waals surface area contributed by atoms with Crippen LogP contribution in [-0.2, 0) is 4.79 Å². The molecule has 4 rings (SSSR count). The van der Waals surface area contributed by atoms with Gasteiger partial charge in [0.05, 0.1) is 24.4 Å². The van der Waals surface area contributed by atoms with Crippen molar-refractivity contribution < 1.29 is 14.3 Å². The van der Waals surface area contributed by atoms with Crippen molar-refractivity contribution in [2.45, 2.75) is 33.2 Å². The predicted molar refractivity (Wildman–Crippen MR) is 154 cm³/mol. The minimum atomic E-state index is -0.163. The maximum Gasteiger partial charge on any atom is 0.253 e. The molecule has 0 saturated carbocycles. The third-order valence-electron chi connectivity index (χ3n) is 6.81. The highest BCUT2D eigenvalue weighted by Gasteiger charge is 2.24. The van der Waals surface area contributed by atoms with Crippen molar-refractivity contribution in [3.05, 3.63) is 83.9 Å². The molecule has 7 nitrogen and oxygen atoms in total. The lowest BCUT2D eigenvalue weighted by Gasteiger charge is -2.38. The average Bonchev–Trinajstić information content (AvgIpc) is 2.93. The fourth-order valence-electron chi connectivity index (χ4n) is 4.83. The Balaban J connectivity index is 1.55. The van der Waals surface area contributed by atoms with E-state index in [9.17, 15) is 9.59 Å². The van der Waals surface area contributed by atoms with Crippen LogP contribution in [0.5, 0.6) is 5.75 Å². The van der Waals surface area contributed by atoms with Gasteiger partial charge in [0.15, 0.2) is 0 Å². The van der Waals surface area contributed by atoms with Crippen molar-refractivity contribution in [1.82, 2.24) is 5.32 Å². The number of amides is 2. The van der Waals surface area contributed by atoms with Crippen LogP contribution in [0.2, 0.25) is 0 Å². The standard InChI is InChI=1S/C31H38N4O3/c1-22(2)20-30(36)33-25-14-15-27(26(21-25)31(37)32-23(3)24-10-6-5-7-11-24)34-16-18-35(19-17-34)28-12-8-9-13-29(28)38-4/h5-15,21-23H,16-20H2,1-4H3,(H,32,37)(H,33,36). The maximum absolute atomic E-state index is 13.6. The summed E-state index contributed by atoms with van der Waals surface area (Å²) >= 11 is 0. The molecule has 3 aromatic carbocycles. The van der Waals surface area contributed by atoms with E-state index in [-0.39, 0.29) is 23.8 Å². The molecule has 7 heteroatoms. The molecule has 1 saturated heterocycles. The zero-order valence-corrected chi connectivity index (χ0v) is 22.7. The van der Waals surface area contributed by atoms with Crippen molar-refractivity contribution in [2.75, 3.05) is 48.4 Å². The van der Waals surface area contributed by atoms with Crippen LogP contribution in [0, 0.1) is 5.92 Å². The number of hydrogen-bond donors (Lipinski definition) is 2. The monoisotopic (exact) mass is 514 g/mol. The smallest absolute Gasteiger partial charge is 0.253 e. The van der Waals surface area contributed by atoms with E-state index in [1.54, 1.807) is 13.2 Å². The van der Waals surface area contributed by atoms with Gasteiger partial charge in [-0.05, 0) is 48.7 Å². The first-order valence-electron chi connectivity index (χ1n) is 13.3. The van der Waals surface area contributed by atoms with Crippen molar-refractivity contribution in [1.29, 1.82) is 0 Å². The van der Waals surface area contributed by atoms with Gasteiger partial charge in [-0.2, -0.15) is 0 Å². The number of para-hydroxylation sites is 2. The first kappa shape index (κ1) is 27.0. The first-order chi connectivity index (χ1) is 18.4. The van der Waals surface area contributed by atoms with E-state index < -0.39 is 0 Å². The van der Waals surface area contributed by atoms with Crippen LogP contribution < -0.4 is 25.2 Å². The van der Waals surface area contributed by atoms with E-state index in [0.717, 1.165) is 48.9 Å². The lowest BCUT2D eigenvalue weighted by molar-refractivity contribution is -0.116. The maximum atomic E-state index is 13.6. The molecule has 0 bridgehead atoms. The molecule has 1 aliphatic heterocycles. The topological polar surface area (TPSA) is 73.9 Å². The van der Waals surface area contributed by atoms with Gasteiger partial charge in [-0.3, -0.25) is 9.59 Å². The largest absolute Gasteiger partial charge is 0.495 e. The van der Waals surface area contributed by atoms with Gasteiger partial charge in [-0.15, -0.1) is 0 Å². The van der Waals surface area contributed by atoms with E-state index in [1.165, 1.54) is 0 Å². The average molecular weight is 515 g/mol. The second-order valence-electron chi connectivity index (χ2n) is 10.1. The molecule has 2 N–H and O–H groups in total. The van der Waals surface area contributed by atoms with E-state index in [2.05, 4.69) is 26.5 Å². The molecular weight excluding hydrogens is 476 g/mol. The molecule has 0 spiro atoms. The highest BCUT2D eigenvalue weighted by molar-refractivity contribution is 6.02. The van der Waals surface area contributed by atoms with Crippen LogP contribution in [0.25, 0.3) is 0 Å². The van der Waals surface area contributed by atoms with Crippen molar-refractivity contribution in [2.24, 2.45) is 5.92 Å². The van der Waals surface area contributed by atoms with Gasteiger partial charge in [0.25, 0.3) is 5.91 Å². The van der Waals surface area contributed by atoms with Crippen LogP contribution in [0.1, 0.15) is 49.2 Å². The van der Waals surface area contributed by atoms with Crippen LogP contribution in [0.4, 0.5) is 17.1 Å². The highest BCUT2D eigenvalue weighted by atomic mass is 16.5. The Morgan fingerprint density at radius 1 is 0.842 bits per heavy atom. The Hall–Kier alpha value is -4.00. The number of rotatable bonds is 9. The lowest BCUT2D eigenvalue weighted by atomic mass is 10.1. The zero-order valence-electron chi connectivity index (χ0n) is 22.7. The highest BCUT2D eigenvalue weighted by Crippen LogP contribution is 2.31. The normalized spacial score (nSPS) is 14.2. The minimum Gasteiger partial charge on any atom is -0.495 e. The van der Waals surface area contributed by atoms with Crippen LogP contribution in [-0.4, -0.2) is 45.1 Å². The molecule has 1 unspecified atom stereocenters. The SMILES string of the molecule is COc1ccccc1N1CCN(c2ccc(NC(=O)CC(C)C)cc2C(=O)NC(C)c2ccccc2)CC1. The van der Waals surface area contributed by atoms with E-state index in [0.29, 0.717) is 17.7 Å². The molecule has 1 heterocycles. The van der Waals surface area contributed by atoms with Gasteiger partial charge in [0, 0.05) is 44.0 Å². The molecule has 2 amide bonds. The number of anilines is 3. The summed E-state index contributed by atoms with van der Waals surface area (Å²) in [6, 6.07) is 23.4. The molecule has 1 atom stereocenters. The first-order valence-corrected chi connectivity index (χ1v) is 13.3. The summed E-state index contributed by atoms with van der Waals surface area (Å²) in [6.07, 6.45) is 0.430.